The van der Waals surface area contributed by atoms with Crippen LogP contribution in [-0.2, 0) is 11.3 Å². The Labute approximate surface area is 158 Å². The number of carbonyl (C=O) groups excluding carboxylic acids is 1. The molecule has 2 aromatic heterocycles. The number of para-hydroxylation sites is 2. The molecule has 0 atom stereocenters. The number of hydrogen-bond donors (Lipinski definition) is 0. The lowest BCUT2D eigenvalue weighted by molar-refractivity contribution is -0.131. The zero-order valence-corrected chi connectivity index (χ0v) is 15.6. The molecule has 0 spiro atoms. The van der Waals surface area contributed by atoms with E-state index in [2.05, 4.69) is 24.4 Å². The van der Waals surface area contributed by atoms with Crippen molar-refractivity contribution in [3.8, 4) is 0 Å². The molecule has 0 N–H and O–H groups in total. The summed E-state index contributed by atoms with van der Waals surface area (Å²) >= 11 is 0. The van der Waals surface area contributed by atoms with Crippen molar-refractivity contribution in [3.05, 3.63) is 48.7 Å². The number of carbonyl (C=O) groups is 1. The van der Waals surface area contributed by atoms with Gasteiger partial charge in [-0.3, -0.25) is 9.78 Å². The van der Waals surface area contributed by atoms with Crippen molar-refractivity contribution in [2.75, 3.05) is 31.1 Å². The molecule has 3 aromatic rings. The van der Waals surface area contributed by atoms with Gasteiger partial charge in [0, 0.05) is 51.5 Å². The van der Waals surface area contributed by atoms with Gasteiger partial charge >= 0.3 is 0 Å². The third-order valence-electron chi connectivity index (χ3n) is 5.10. The maximum absolute atomic E-state index is 12.7. The van der Waals surface area contributed by atoms with Crippen molar-refractivity contribution in [2.24, 2.45) is 0 Å². The highest BCUT2D eigenvalue weighted by atomic mass is 16.2. The summed E-state index contributed by atoms with van der Waals surface area (Å²) in [5.74, 6) is 1.13. The summed E-state index contributed by atoms with van der Waals surface area (Å²) in [5.41, 5.74) is 2.98. The Morgan fingerprint density at radius 2 is 1.89 bits per heavy atom. The second-order valence-electron chi connectivity index (χ2n) is 6.86. The first-order valence-electron chi connectivity index (χ1n) is 9.42. The van der Waals surface area contributed by atoms with E-state index in [1.54, 1.807) is 12.4 Å². The van der Waals surface area contributed by atoms with E-state index in [9.17, 15) is 4.79 Å². The molecule has 0 radical (unpaired) electrons. The molecule has 1 fully saturated rings. The Morgan fingerprint density at radius 3 is 2.78 bits per heavy atom. The molecular weight excluding hydrogens is 340 g/mol. The number of aryl methyl sites for hydroxylation is 2. The third-order valence-corrected chi connectivity index (χ3v) is 5.10. The molecule has 1 aliphatic rings. The van der Waals surface area contributed by atoms with E-state index >= 15 is 0 Å². The molecule has 1 saturated heterocycles. The molecule has 1 aromatic carbocycles. The van der Waals surface area contributed by atoms with Crippen LogP contribution >= 0.6 is 0 Å². The van der Waals surface area contributed by atoms with Crippen molar-refractivity contribution >= 4 is 22.8 Å². The van der Waals surface area contributed by atoms with Crippen LogP contribution in [0.3, 0.4) is 0 Å². The minimum absolute atomic E-state index is 0.200. The molecule has 0 bridgehead atoms. The van der Waals surface area contributed by atoms with Gasteiger partial charge in [0.1, 0.15) is 5.82 Å². The van der Waals surface area contributed by atoms with Crippen LogP contribution in [0.4, 0.5) is 5.82 Å². The molecule has 3 heterocycles. The molecule has 1 amide bonds. The number of hydrogen-bond acceptors (Lipinski definition) is 5. The van der Waals surface area contributed by atoms with Gasteiger partial charge in [-0.1, -0.05) is 12.1 Å². The van der Waals surface area contributed by atoms with Crippen molar-refractivity contribution in [1.82, 2.24) is 24.4 Å². The molecule has 27 heavy (non-hydrogen) atoms. The first-order valence-corrected chi connectivity index (χ1v) is 9.42. The van der Waals surface area contributed by atoms with E-state index in [0.717, 1.165) is 55.1 Å². The predicted octanol–water partition coefficient (Wildman–Crippen LogP) is 2.26. The molecule has 7 heteroatoms. The van der Waals surface area contributed by atoms with Crippen LogP contribution in [-0.4, -0.2) is 56.5 Å². The average Bonchev–Trinajstić information content (AvgIpc) is 2.94. The number of nitrogens with zero attached hydrogens (tertiary/aromatic N) is 6. The lowest BCUT2D eigenvalue weighted by Crippen LogP contribution is -2.36. The molecule has 4 rings (SSSR count). The van der Waals surface area contributed by atoms with Crippen molar-refractivity contribution < 1.29 is 4.79 Å². The van der Waals surface area contributed by atoms with Gasteiger partial charge in [0.25, 0.3) is 0 Å². The number of imidazole rings is 1. The third kappa shape index (κ3) is 3.77. The average molecular weight is 364 g/mol. The standard InChI is InChI=1S/C20H24N6O/c1-16-20(22-9-8-21-16)25-11-4-10-24(13-14-25)19(27)7-12-26-15-23-17-5-2-3-6-18(17)26/h2-3,5-6,8-9,15H,4,7,10-14H2,1H3. The van der Waals surface area contributed by atoms with E-state index < -0.39 is 0 Å². The van der Waals surface area contributed by atoms with Crippen LogP contribution in [0, 0.1) is 6.92 Å². The molecule has 140 valence electrons. The van der Waals surface area contributed by atoms with Crippen LogP contribution in [0.2, 0.25) is 0 Å². The van der Waals surface area contributed by atoms with E-state index in [1.165, 1.54) is 0 Å². The maximum Gasteiger partial charge on any atom is 0.224 e. The lowest BCUT2D eigenvalue weighted by atomic mass is 10.3. The van der Waals surface area contributed by atoms with Gasteiger partial charge in [-0.15, -0.1) is 0 Å². The summed E-state index contributed by atoms with van der Waals surface area (Å²) in [7, 11) is 0. The van der Waals surface area contributed by atoms with Crippen molar-refractivity contribution in [2.45, 2.75) is 26.3 Å². The number of rotatable bonds is 4. The Hall–Kier alpha value is -2.96. The van der Waals surface area contributed by atoms with Crippen molar-refractivity contribution in [3.63, 3.8) is 0 Å². The smallest absolute Gasteiger partial charge is 0.224 e. The van der Waals surface area contributed by atoms with Gasteiger partial charge in [-0.2, -0.15) is 0 Å². The van der Waals surface area contributed by atoms with Crippen LogP contribution in [0.5, 0.6) is 0 Å². The fraction of sp³-hybridized carbons (Fsp3) is 0.400. The number of aromatic nitrogens is 4. The fourth-order valence-electron chi connectivity index (χ4n) is 3.65. The van der Waals surface area contributed by atoms with Crippen LogP contribution < -0.4 is 4.90 Å². The Morgan fingerprint density at radius 1 is 1.04 bits per heavy atom. The minimum Gasteiger partial charge on any atom is -0.353 e. The molecule has 0 aliphatic carbocycles. The Kier molecular flexibility index (Phi) is 5.00. The minimum atomic E-state index is 0.200. The maximum atomic E-state index is 12.7. The summed E-state index contributed by atoms with van der Waals surface area (Å²) in [6, 6.07) is 8.01. The Balaban J connectivity index is 1.36. The zero-order valence-electron chi connectivity index (χ0n) is 15.6. The SMILES string of the molecule is Cc1nccnc1N1CCCN(C(=O)CCn2cnc3ccccc32)CC1. The summed E-state index contributed by atoms with van der Waals surface area (Å²) < 4.78 is 2.06. The molecule has 0 saturated carbocycles. The molecule has 7 nitrogen and oxygen atoms in total. The quantitative estimate of drug-likeness (QED) is 0.710. The molecule has 1 aliphatic heterocycles. The van der Waals surface area contributed by atoms with Crippen LogP contribution in [0.1, 0.15) is 18.5 Å². The number of fused-ring (bicyclic) bond motifs is 1. The molecule has 0 unspecified atom stereocenters. The van der Waals surface area contributed by atoms with Gasteiger partial charge in [-0.05, 0) is 25.5 Å². The summed E-state index contributed by atoms with van der Waals surface area (Å²) in [6.07, 6.45) is 6.69. The Bertz CT molecular complexity index is 937. The van der Waals surface area contributed by atoms with Gasteiger partial charge in [0.05, 0.1) is 23.1 Å². The van der Waals surface area contributed by atoms with Crippen LogP contribution in [0.25, 0.3) is 11.0 Å². The lowest BCUT2D eigenvalue weighted by Gasteiger charge is -2.23. The largest absolute Gasteiger partial charge is 0.353 e. The normalized spacial score (nSPS) is 15.1. The van der Waals surface area contributed by atoms with Gasteiger partial charge in [0.15, 0.2) is 0 Å². The number of benzene rings is 1. The second-order valence-corrected chi connectivity index (χ2v) is 6.86. The van der Waals surface area contributed by atoms with Crippen molar-refractivity contribution in [1.29, 1.82) is 0 Å². The highest BCUT2D eigenvalue weighted by molar-refractivity contribution is 5.77. The number of anilines is 1. The summed E-state index contributed by atoms with van der Waals surface area (Å²) in [6.45, 7) is 5.84. The number of amides is 1. The predicted molar refractivity (Wildman–Crippen MR) is 105 cm³/mol. The highest BCUT2D eigenvalue weighted by Gasteiger charge is 2.21. The first kappa shape index (κ1) is 17.5. The van der Waals surface area contributed by atoms with Gasteiger partial charge in [-0.25, -0.2) is 9.97 Å². The fourth-order valence-corrected chi connectivity index (χ4v) is 3.65. The monoisotopic (exact) mass is 364 g/mol. The molecular formula is C20H24N6O. The van der Waals surface area contributed by atoms with Gasteiger partial charge in [0.2, 0.25) is 5.91 Å². The van der Waals surface area contributed by atoms with E-state index in [-0.39, 0.29) is 5.91 Å². The van der Waals surface area contributed by atoms with E-state index in [1.807, 2.05) is 42.4 Å². The first-order chi connectivity index (χ1) is 13.2. The summed E-state index contributed by atoms with van der Waals surface area (Å²) in [4.78, 5) is 30.1. The zero-order chi connectivity index (χ0) is 18.6. The van der Waals surface area contributed by atoms with E-state index in [4.69, 9.17) is 0 Å². The second kappa shape index (κ2) is 7.73. The summed E-state index contributed by atoms with van der Waals surface area (Å²) in [5, 5.41) is 0. The topological polar surface area (TPSA) is 67.2 Å². The van der Waals surface area contributed by atoms with Crippen LogP contribution in [0.15, 0.2) is 43.0 Å². The van der Waals surface area contributed by atoms with Gasteiger partial charge < -0.3 is 14.4 Å². The highest BCUT2D eigenvalue weighted by Crippen LogP contribution is 2.17. The van der Waals surface area contributed by atoms with E-state index in [0.29, 0.717) is 13.0 Å².